The van der Waals surface area contributed by atoms with Crippen LogP contribution >= 0.6 is 0 Å². The average molecular weight is 407 g/mol. The van der Waals surface area contributed by atoms with Crippen LogP contribution in [0, 0.1) is 0 Å². The second-order valence-electron chi connectivity index (χ2n) is 8.62. The zero-order valence-electron chi connectivity index (χ0n) is 17.5. The zero-order valence-corrected chi connectivity index (χ0v) is 17.5. The van der Waals surface area contributed by atoms with E-state index in [1.54, 1.807) is 0 Å². The van der Waals surface area contributed by atoms with Gasteiger partial charge in [0.1, 0.15) is 0 Å². The molecule has 0 radical (unpaired) electrons. The fraction of sp³-hybridized carbons (Fsp3) is 0.458. The quantitative estimate of drug-likeness (QED) is 0.597. The van der Waals surface area contributed by atoms with Gasteiger partial charge in [-0.15, -0.1) is 0 Å². The summed E-state index contributed by atoms with van der Waals surface area (Å²) in [5.41, 5.74) is 3.42. The molecule has 0 unspecified atom stereocenters. The summed E-state index contributed by atoms with van der Waals surface area (Å²) < 4.78 is 0. The molecule has 0 spiro atoms. The van der Waals surface area contributed by atoms with Gasteiger partial charge >= 0.3 is 0 Å². The predicted molar refractivity (Wildman–Crippen MR) is 117 cm³/mol. The molecule has 0 saturated heterocycles. The first-order chi connectivity index (χ1) is 14.5. The average Bonchev–Trinajstić information content (AvgIpc) is 3.53. The number of benzene rings is 1. The highest BCUT2D eigenvalue weighted by Crippen LogP contribution is 2.39. The Hall–Kier alpha value is -2.89. The Kier molecular flexibility index (Phi) is 6.02. The number of anilines is 1. The van der Waals surface area contributed by atoms with Crippen LogP contribution in [0.2, 0.25) is 0 Å². The minimum atomic E-state index is -0.245. The highest BCUT2D eigenvalue weighted by atomic mass is 16.2. The van der Waals surface area contributed by atoms with Crippen molar-refractivity contribution in [3.05, 3.63) is 59.8 Å². The summed E-state index contributed by atoms with van der Waals surface area (Å²) in [5.74, 6) is 1.31. The molecule has 158 valence electrons. The first kappa shape index (κ1) is 20.4. The number of carbonyl (C=O) groups is 2. The largest absolute Gasteiger partial charge is 0.350 e. The summed E-state index contributed by atoms with van der Waals surface area (Å²) >= 11 is 0. The van der Waals surface area contributed by atoms with Gasteiger partial charge in [0.15, 0.2) is 5.82 Å². The normalized spacial score (nSPS) is 22.2. The van der Waals surface area contributed by atoms with Gasteiger partial charge in [0, 0.05) is 23.7 Å². The Morgan fingerprint density at radius 3 is 2.40 bits per heavy atom. The van der Waals surface area contributed by atoms with Gasteiger partial charge in [-0.1, -0.05) is 30.8 Å². The van der Waals surface area contributed by atoms with Gasteiger partial charge in [-0.3, -0.25) is 14.7 Å². The van der Waals surface area contributed by atoms with Gasteiger partial charge < -0.3 is 10.6 Å². The summed E-state index contributed by atoms with van der Waals surface area (Å²) in [7, 11) is 0. The van der Waals surface area contributed by atoms with E-state index in [4.69, 9.17) is 0 Å². The van der Waals surface area contributed by atoms with Crippen LogP contribution < -0.4 is 10.6 Å². The van der Waals surface area contributed by atoms with Gasteiger partial charge in [0.2, 0.25) is 11.8 Å². The molecule has 1 aromatic heterocycles. The molecule has 2 aromatic rings. The zero-order chi connectivity index (χ0) is 21.1. The Morgan fingerprint density at radius 2 is 1.77 bits per heavy atom. The molecule has 4 rings (SSSR count). The molecule has 1 heterocycles. The van der Waals surface area contributed by atoms with Crippen LogP contribution in [0.5, 0.6) is 0 Å². The molecule has 0 bridgehead atoms. The van der Waals surface area contributed by atoms with Gasteiger partial charge in [-0.05, 0) is 68.6 Å². The molecular weight excluding hydrogens is 376 g/mol. The van der Waals surface area contributed by atoms with E-state index in [2.05, 4.69) is 51.7 Å². The molecule has 2 aliphatic rings. The van der Waals surface area contributed by atoms with Crippen LogP contribution in [0.15, 0.2) is 43.0 Å². The fourth-order valence-corrected chi connectivity index (χ4v) is 4.28. The lowest BCUT2D eigenvalue weighted by Crippen LogP contribution is -2.36. The summed E-state index contributed by atoms with van der Waals surface area (Å²) in [6.07, 6.45) is 7.81. The Labute approximate surface area is 177 Å². The van der Waals surface area contributed by atoms with Gasteiger partial charge in [-0.25, -0.2) is 0 Å². The van der Waals surface area contributed by atoms with E-state index in [9.17, 15) is 9.59 Å². The van der Waals surface area contributed by atoms with Crippen LogP contribution in [0.4, 0.5) is 5.82 Å². The van der Waals surface area contributed by atoms with Crippen molar-refractivity contribution in [2.75, 3.05) is 5.32 Å². The molecule has 2 fully saturated rings. The third kappa shape index (κ3) is 4.81. The van der Waals surface area contributed by atoms with Crippen LogP contribution in [0.3, 0.4) is 0 Å². The van der Waals surface area contributed by atoms with Crippen molar-refractivity contribution in [1.82, 2.24) is 15.5 Å². The highest BCUT2D eigenvalue weighted by molar-refractivity contribution is 5.94. The molecular formula is C24H30N4O2. The van der Waals surface area contributed by atoms with Crippen molar-refractivity contribution in [1.29, 1.82) is 0 Å². The van der Waals surface area contributed by atoms with Crippen molar-refractivity contribution in [2.24, 2.45) is 0 Å². The Morgan fingerprint density at radius 1 is 1.10 bits per heavy atom. The third-order valence-electron chi connectivity index (χ3n) is 6.43. The van der Waals surface area contributed by atoms with E-state index in [1.165, 1.54) is 24.5 Å². The van der Waals surface area contributed by atoms with E-state index in [-0.39, 0.29) is 23.8 Å². The monoisotopic (exact) mass is 406 g/mol. The van der Waals surface area contributed by atoms with E-state index >= 15 is 0 Å². The molecule has 2 aliphatic carbocycles. The highest BCUT2D eigenvalue weighted by Gasteiger charge is 2.26. The first-order valence-electron chi connectivity index (χ1n) is 10.9. The fourth-order valence-electron chi connectivity index (χ4n) is 4.28. The van der Waals surface area contributed by atoms with Crippen LogP contribution in [-0.2, 0) is 9.59 Å². The maximum Gasteiger partial charge on any atom is 0.243 e. The summed E-state index contributed by atoms with van der Waals surface area (Å²) in [6, 6.07) is 10.6. The minimum Gasteiger partial charge on any atom is -0.350 e. The summed E-state index contributed by atoms with van der Waals surface area (Å²) in [5, 5.41) is 13.2. The Balaban J connectivity index is 1.30. The number of H-pyrrole nitrogens is 1. The van der Waals surface area contributed by atoms with Crippen molar-refractivity contribution < 1.29 is 9.59 Å². The number of aromatic nitrogens is 2. The molecule has 6 heteroatoms. The SMILES string of the molecule is C=CC(=O)NC1CCC(c2ccc([C@H](C)C(=O)Nc3cc(C4CC4)[nH]n3)cc2)CC1. The predicted octanol–water partition coefficient (Wildman–Crippen LogP) is 4.36. The summed E-state index contributed by atoms with van der Waals surface area (Å²) in [4.78, 5) is 24.1. The van der Waals surface area contributed by atoms with E-state index < -0.39 is 0 Å². The van der Waals surface area contributed by atoms with Crippen molar-refractivity contribution in [3.63, 3.8) is 0 Å². The lowest BCUT2D eigenvalue weighted by Gasteiger charge is -2.29. The number of hydrogen-bond acceptors (Lipinski definition) is 3. The molecule has 3 N–H and O–H groups in total. The van der Waals surface area contributed by atoms with Gasteiger partial charge in [0.05, 0.1) is 5.92 Å². The first-order valence-corrected chi connectivity index (χ1v) is 10.9. The molecule has 1 aromatic carbocycles. The topological polar surface area (TPSA) is 86.9 Å². The Bertz CT molecular complexity index is 906. The van der Waals surface area contributed by atoms with Gasteiger partial charge in [-0.2, -0.15) is 5.10 Å². The number of nitrogens with zero attached hydrogens (tertiary/aromatic N) is 1. The van der Waals surface area contributed by atoms with E-state index in [0.29, 0.717) is 17.7 Å². The molecule has 6 nitrogen and oxygen atoms in total. The van der Waals surface area contributed by atoms with Crippen LogP contribution in [0.1, 0.15) is 80.0 Å². The molecule has 2 saturated carbocycles. The maximum atomic E-state index is 12.6. The smallest absolute Gasteiger partial charge is 0.243 e. The standard InChI is InChI=1S/C24H30N4O2/c1-3-23(29)25-20-12-10-18(11-13-20)17-6-4-16(5-7-17)15(2)24(30)26-22-14-21(27-28-22)19-8-9-19/h3-7,14-15,18-20H,1,8-13H2,2H3,(H,25,29)(H2,26,27,28,30)/t15-,18?,20?/m0/s1. The van der Waals surface area contributed by atoms with Gasteiger partial charge in [0.25, 0.3) is 0 Å². The second kappa shape index (κ2) is 8.86. The number of hydrogen-bond donors (Lipinski definition) is 3. The third-order valence-corrected chi connectivity index (χ3v) is 6.43. The van der Waals surface area contributed by atoms with Crippen molar-refractivity contribution >= 4 is 17.6 Å². The number of nitrogens with one attached hydrogen (secondary N) is 3. The number of aromatic amines is 1. The molecule has 2 amide bonds. The maximum absolute atomic E-state index is 12.6. The number of carbonyl (C=O) groups excluding carboxylic acids is 2. The molecule has 1 atom stereocenters. The second-order valence-corrected chi connectivity index (χ2v) is 8.62. The van der Waals surface area contributed by atoms with Crippen LogP contribution in [-0.4, -0.2) is 28.1 Å². The number of amides is 2. The summed E-state index contributed by atoms with van der Waals surface area (Å²) in [6.45, 7) is 5.43. The van der Waals surface area contributed by atoms with Crippen molar-refractivity contribution in [3.8, 4) is 0 Å². The minimum absolute atomic E-state index is 0.0462. The van der Waals surface area contributed by atoms with E-state index in [0.717, 1.165) is 36.9 Å². The van der Waals surface area contributed by atoms with Crippen molar-refractivity contribution in [2.45, 2.75) is 69.2 Å². The number of rotatable bonds is 7. The molecule has 0 aliphatic heterocycles. The molecule has 30 heavy (non-hydrogen) atoms. The van der Waals surface area contributed by atoms with Crippen LogP contribution in [0.25, 0.3) is 0 Å². The van der Waals surface area contributed by atoms with E-state index in [1.807, 2.05) is 13.0 Å². The lowest BCUT2D eigenvalue weighted by atomic mass is 9.81. The lowest BCUT2D eigenvalue weighted by molar-refractivity contribution is -0.118.